The first-order chi connectivity index (χ1) is 7.27. The molecule has 1 aliphatic rings. The molecule has 0 aromatic rings. The van der Waals surface area contributed by atoms with Gasteiger partial charge in [0, 0.05) is 18.6 Å². The molecule has 2 N–H and O–H groups in total. The van der Waals surface area contributed by atoms with E-state index in [2.05, 4.69) is 6.07 Å². The van der Waals surface area contributed by atoms with Crippen molar-refractivity contribution in [2.45, 2.75) is 56.9 Å². The molecule has 3 nitrogen and oxygen atoms in total. The van der Waals surface area contributed by atoms with E-state index in [-0.39, 0.29) is 5.54 Å². The van der Waals surface area contributed by atoms with E-state index in [4.69, 9.17) is 15.7 Å². The minimum atomic E-state index is -0.0941. The zero-order chi connectivity index (χ0) is 11.0. The van der Waals surface area contributed by atoms with E-state index in [0.29, 0.717) is 19.6 Å². The second kappa shape index (κ2) is 6.81. The van der Waals surface area contributed by atoms with Gasteiger partial charge in [0.1, 0.15) is 0 Å². The van der Waals surface area contributed by atoms with Crippen LogP contribution in [0.5, 0.6) is 0 Å². The number of nitrogens with zero attached hydrogens (tertiary/aromatic N) is 1. The Hall–Kier alpha value is -0.590. The summed E-state index contributed by atoms with van der Waals surface area (Å²) >= 11 is 0. The van der Waals surface area contributed by atoms with Crippen molar-refractivity contribution in [2.24, 2.45) is 5.73 Å². The summed E-state index contributed by atoms with van der Waals surface area (Å²) in [6, 6.07) is 2.11. The molecule has 1 rings (SSSR count). The normalized spacial score (nSPS) is 20.5. The summed E-state index contributed by atoms with van der Waals surface area (Å²) in [4.78, 5) is 0. The molecule has 0 aromatic carbocycles. The van der Waals surface area contributed by atoms with E-state index in [1.54, 1.807) is 0 Å². The Labute approximate surface area is 92.6 Å². The van der Waals surface area contributed by atoms with Crippen LogP contribution in [0.2, 0.25) is 0 Å². The quantitative estimate of drug-likeness (QED) is 0.559. The van der Waals surface area contributed by atoms with E-state index in [0.717, 1.165) is 19.3 Å². The summed E-state index contributed by atoms with van der Waals surface area (Å²) in [6.45, 7) is 1.34. The average Bonchev–Trinajstić information content (AvgIpc) is 2.43. The molecule has 1 aliphatic carbocycles. The zero-order valence-electron chi connectivity index (χ0n) is 9.50. The van der Waals surface area contributed by atoms with Gasteiger partial charge in [0.15, 0.2) is 0 Å². The predicted octanol–water partition coefficient (Wildman–Crippen LogP) is 2.36. The van der Waals surface area contributed by atoms with Gasteiger partial charge in [-0.2, -0.15) is 5.26 Å². The number of nitrogens with two attached hydrogens (primary N) is 1. The molecular formula is C12H22N2O. The topological polar surface area (TPSA) is 59.0 Å². The fourth-order valence-electron chi connectivity index (χ4n) is 2.11. The molecule has 15 heavy (non-hydrogen) atoms. The van der Waals surface area contributed by atoms with E-state index in [1.165, 1.54) is 25.7 Å². The van der Waals surface area contributed by atoms with Crippen LogP contribution >= 0.6 is 0 Å². The molecule has 0 unspecified atom stereocenters. The summed E-state index contributed by atoms with van der Waals surface area (Å²) in [6.07, 6.45) is 8.68. The predicted molar refractivity (Wildman–Crippen MR) is 60.3 cm³/mol. The number of rotatable bonds is 5. The van der Waals surface area contributed by atoms with Crippen LogP contribution in [-0.2, 0) is 4.74 Å². The lowest BCUT2D eigenvalue weighted by Gasteiger charge is -2.27. The maximum Gasteiger partial charge on any atom is 0.0646 e. The van der Waals surface area contributed by atoms with E-state index < -0.39 is 0 Å². The maximum absolute atomic E-state index is 8.37. The Bertz CT molecular complexity index is 202. The largest absolute Gasteiger partial charge is 0.380 e. The van der Waals surface area contributed by atoms with Gasteiger partial charge in [-0.15, -0.1) is 0 Å². The molecule has 86 valence electrons. The lowest BCUT2D eigenvalue weighted by molar-refractivity contribution is 0.0769. The summed E-state index contributed by atoms with van der Waals surface area (Å²) < 4.78 is 5.56. The molecular weight excluding hydrogens is 188 g/mol. The summed E-state index contributed by atoms with van der Waals surface area (Å²) in [5.41, 5.74) is 6.19. The lowest BCUT2D eigenvalue weighted by atomic mass is 9.93. The highest BCUT2D eigenvalue weighted by molar-refractivity contribution is 4.85. The van der Waals surface area contributed by atoms with Crippen LogP contribution in [0.25, 0.3) is 0 Å². The van der Waals surface area contributed by atoms with Gasteiger partial charge < -0.3 is 10.5 Å². The van der Waals surface area contributed by atoms with Crippen LogP contribution in [-0.4, -0.2) is 18.8 Å². The SMILES string of the molecule is N#CCCCOCC1(N)CCCCCC1. The number of hydrogen-bond acceptors (Lipinski definition) is 3. The summed E-state index contributed by atoms with van der Waals surface area (Å²) in [5.74, 6) is 0. The molecule has 0 saturated heterocycles. The molecule has 3 heteroatoms. The molecule has 0 spiro atoms. The first kappa shape index (κ1) is 12.5. The highest BCUT2D eigenvalue weighted by Crippen LogP contribution is 2.25. The van der Waals surface area contributed by atoms with Crippen molar-refractivity contribution >= 4 is 0 Å². The van der Waals surface area contributed by atoms with Gasteiger partial charge in [0.05, 0.1) is 12.7 Å². The minimum absolute atomic E-state index is 0.0941. The van der Waals surface area contributed by atoms with Crippen molar-refractivity contribution in [2.75, 3.05) is 13.2 Å². The summed E-state index contributed by atoms with van der Waals surface area (Å²) in [7, 11) is 0. The number of ether oxygens (including phenoxy) is 1. The average molecular weight is 210 g/mol. The van der Waals surface area contributed by atoms with Crippen LogP contribution in [0.15, 0.2) is 0 Å². The third kappa shape index (κ3) is 5.15. The zero-order valence-corrected chi connectivity index (χ0v) is 9.50. The minimum Gasteiger partial charge on any atom is -0.380 e. The maximum atomic E-state index is 8.37. The molecule has 0 aromatic heterocycles. The van der Waals surface area contributed by atoms with E-state index in [1.807, 2.05) is 0 Å². The highest BCUT2D eigenvalue weighted by Gasteiger charge is 2.26. The molecule has 1 saturated carbocycles. The van der Waals surface area contributed by atoms with E-state index in [9.17, 15) is 0 Å². The van der Waals surface area contributed by atoms with Gasteiger partial charge in [0.2, 0.25) is 0 Å². The Morgan fingerprint density at radius 3 is 2.47 bits per heavy atom. The first-order valence-corrected chi connectivity index (χ1v) is 6.00. The Balaban J connectivity index is 2.14. The van der Waals surface area contributed by atoms with Gasteiger partial charge in [0.25, 0.3) is 0 Å². The first-order valence-electron chi connectivity index (χ1n) is 6.00. The fraction of sp³-hybridized carbons (Fsp3) is 0.917. The van der Waals surface area contributed by atoms with Crippen molar-refractivity contribution in [3.63, 3.8) is 0 Å². The molecule has 1 fully saturated rings. The Morgan fingerprint density at radius 2 is 1.87 bits per heavy atom. The van der Waals surface area contributed by atoms with Crippen LogP contribution < -0.4 is 5.73 Å². The van der Waals surface area contributed by atoms with Crippen LogP contribution in [0, 0.1) is 11.3 Å². The summed E-state index contributed by atoms with van der Waals surface area (Å²) in [5, 5.41) is 8.37. The van der Waals surface area contributed by atoms with Gasteiger partial charge in [-0.05, 0) is 19.3 Å². The van der Waals surface area contributed by atoms with E-state index >= 15 is 0 Å². The lowest BCUT2D eigenvalue weighted by Crippen LogP contribution is -2.44. The van der Waals surface area contributed by atoms with Gasteiger partial charge in [-0.25, -0.2) is 0 Å². The van der Waals surface area contributed by atoms with Crippen molar-refractivity contribution in [3.05, 3.63) is 0 Å². The van der Waals surface area contributed by atoms with Crippen molar-refractivity contribution in [3.8, 4) is 6.07 Å². The smallest absolute Gasteiger partial charge is 0.0646 e. The monoisotopic (exact) mass is 210 g/mol. The third-order valence-electron chi connectivity index (χ3n) is 3.07. The van der Waals surface area contributed by atoms with Gasteiger partial charge >= 0.3 is 0 Å². The second-order valence-electron chi connectivity index (χ2n) is 4.59. The molecule has 0 amide bonds. The van der Waals surface area contributed by atoms with Crippen LogP contribution in [0.1, 0.15) is 51.4 Å². The molecule has 0 heterocycles. The van der Waals surface area contributed by atoms with Crippen LogP contribution in [0.4, 0.5) is 0 Å². The van der Waals surface area contributed by atoms with Crippen molar-refractivity contribution in [1.29, 1.82) is 5.26 Å². The second-order valence-corrected chi connectivity index (χ2v) is 4.59. The Kier molecular flexibility index (Phi) is 5.67. The molecule has 0 radical (unpaired) electrons. The molecule has 0 bridgehead atoms. The van der Waals surface area contributed by atoms with Gasteiger partial charge in [-0.3, -0.25) is 0 Å². The van der Waals surface area contributed by atoms with Gasteiger partial charge in [-0.1, -0.05) is 25.7 Å². The third-order valence-corrected chi connectivity index (χ3v) is 3.07. The Morgan fingerprint density at radius 1 is 1.20 bits per heavy atom. The standard InChI is InChI=1S/C12H22N2O/c13-9-5-6-10-15-11-12(14)7-3-1-2-4-8-12/h1-8,10-11,14H2. The fourth-order valence-corrected chi connectivity index (χ4v) is 2.11. The number of nitriles is 1. The highest BCUT2D eigenvalue weighted by atomic mass is 16.5. The number of unbranched alkanes of at least 4 members (excludes halogenated alkanes) is 1. The van der Waals surface area contributed by atoms with Crippen molar-refractivity contribution in [1.82, 2.24) is 0 Å². The van der Waals surface area contributed by atoms with Crippen molar-refractivity contribution < 1.29 is 4.74 Å². The molecule has 0 aliphatic heterocycles. The molecule has 0 atom stereocenters. The number of hydrogen-bond donors (Lipinski definition) is 1. The van der Waals surface area contributed by atoms with Crippen LogP contribution in [0.3, 0.4) is 0 Å².